The molecule has 23 heavy (non-hydrogen) atoms. The van der Waals surface area contributed by atoms with Crippen molar-refractivity contribution in [2.24, 2.45) is 0 Å². The summed E-state index contributed by atoms with van der Waals surface area (Å²) in [5.41, 5.74) is 0. The second-order valence-corrected chi connectivity index (χ2v) is 6.51. The average molecular weight is 330 g/mol. The predicted octanol–water partition coefficient (Wildman–Crippen LogP) is 2.34. The quantitative estimate of drug-likeness (QED) is 0.755. The first kappa shape index (κ1) is 15.9. The van der Waals surface area contributed by atoms with E-state index in [1.807, 2.05) is 36.0 Å². The van der Waals surface area contributed by atoms with Gasteiger partial charge in [0.05, 0.1) is 0 Å². The monoisotopic (exact) mass is 330 g/mol. The summed E-state index contributed by atoms with van der Waals surface area (Å²) in [4.78, 5) is 15.3. The highest BCUT2D eigenvalue weighted by atomic mass is 32.2. The molecule has 1 aliphatic heterocycles. The second-order valence-electron chi connectivity index (χ2n) is 5.28. The van der Waals surface area contributed by atoms with Gasteiger partial charge in [0.2, 0.25) is 0 Å². The minimum atomic E-state index is 0.867. The van der Waals surface area contributed by atoms with Crippen molar-refractivity contribution in [1.29, 1.82) is 0 Å². The fourth-order valence-corrected chi connectivity index (χ4v) is 3.30. The highest BCUT2D eigenvalue weighted by molar-refractivity contribution is 7.99. The Hall–Kier alpha value is -2.02. The van der Waals surface area contributed by atoms with Gasteiger partial charge >= 0.3 is 0 Å². The molecule has 2 aromatic heterocycles. The number of hydrogen-bond donors (Lipinski definition) is 2. The molecular formula is C16H22N6S. The molecule has 1 saturated heterocycles. The molecule has 1 fully saturated rings. The molecule has 0 bridgehead atoms. The summed E-state index contributed by atoms with van der Waals surface area (Å²) in [6.45, 7) is 3.88. The van der Waals surface area contributed by atoms with Crippen LogP contribution < -0.4 is 15.5 Å². The first-order valence-corrected chi connectivity index (χ1v) is 9.11. The van der Waals surface area contributed by atoms with E-state index >= 15 is 0 Å². The van der Waals surface area contributed by atoms with Crippen LogP contribution in [0.4, 0.5) is 17.5 Å². The summed E-state index contributed by atoms with van der Waals surface area (Å²) < 4.78 is 0. The lowest BCUT2D eigenvalue weighted by Gasteiger charge is -2.27. The first-order chi connectivity index (χ1) is 11.4. The van der Waals surface area contributed by atoms with Gasteiger partial charge < -0.3 is 15.5 Å². The summed E-state index contributed by atoms with van der Waals surface area (Å²) in [5, 5.41) is 6.67. The van der Waals surface area contributed by atoms with Crippen molar-refractivity contribution < 1.29 is 0 Å². The average Bonchev–Trinajstić information content (AvgIpc) is 2.63. The highest BCUT2D eigenvalue weighted by Gasteiger charge is 2.12. The largest absolute Gasteiger partial charge is 0.370 e. The van der Waals surface area contributed by atoms with Crippen LogP contribution in [0.2, 0.25) is 0 Å². The van der Waals surface area contributed by atoms with E-state index in [9.17, 15) is 0 Å². The number of nitrogens with zero attached hydrogens (tertiary/aromatic N) is 4. The number of pyridine rings is 1. The zero-order valence-electron chi connectivity index (χ0n) is 13.1. The Labute approximate surface area is 141 Å². The SMILES string of the molecule is c1ccc(NCCCNc2cc(N3CCSCC3)ncn2)nc1. The highest BCUT2D eigenvalue weighted by Crippen LogP contribution is 2.18. The van der Waals surface area contributed by atoms with Crippen LogP contribution in [0.5, 0.6) is 0 Å². The molecule has 122 valence electrons. The van der Waals surface area contributed by atoms with Crippen LogP contribution in [0.1, 0.15) is 6.42 Å². The van der Waals surface area contributed by atoms with Crippen LogP contribution in [-0.4, -0.2) is 52.6 Å². The molecule has 6 nitrogen and oxygen atoms in total. The normalized spacial score (nSPS) is 14.5. The molecule has 2 N–H and O–H groups in total. The van der Waals surface area contributed by atoms with E-state index in [2.05, 4.69) is 30.5 Å². The molecule has 0 unspecified atom stereocenters. The zero-order chi connectivity index (χ0) is 15.7. The van der Waals surface area contributed by atoms with Gasteiger partial charge in [-0.05, 0) is 18.6 Å². The molecule has 0 spiro atoms. The van der Waals surface area contributed by atoms with Crippen molar-refractivity contribution in [1.82, 2.24) is 15.0 Å². The van der Waals surface area contributed by atoms with Crippen LogP contribution in [0, 0.1) is 0 Å². The fourth-order valence-electron chi connectivity index (χ4n) is 2.40. The molecule has 0 aliphatic carbocycles. The number of hydrogen-bond acceptors (Lipinski definition) is 7. The van der Waals surface area contributed by atoms with Gasteiger partial charge in [-0.25, -0.2) is 15.0 Å². The van der Waals surface area contributed by atoms with Crippen molar-refractivity contribution in [3.63, 3.8) is 0 Å². The summed E-state index contributed by atoms with van der Waals surface area (Å²) in [6.07, 6.45) is 4.43. The molecule has 3 rings (SSSR count). The van der Waals surface area contributed by atoms with Crippen molar-refractivity contribution >= 4 is 29.2 Å². The molecule has 0 amide bonds. The van der Waals surface area contributed by atoms with Crippen molar-refractivity contribution in [2.45, 2.75) is 6.42 Å². The predicted molar refractivity (Wildman–Crippen MR) is 97.4 cm³/mol. The molecule has 0 atom stereocenters. The van der Waals surface area contributed by atoms with Crippen LogP contribution in [0.3, 0.4) is 0 Å². The number of thioether (sulfide) groups is 1. The van der Waals surface area contributed by atoms with Crippen molar-refractivity contribution in [3.05, 3.63) is 36.8 Å². The van der Waals surface area contributed by atoms with Crippen LogP contribution >= 0.6 is 11.8 Å². The third kappa shape index (κ3) is 4.99. The van der Waals surface area contributed by atoms with Crippen molar-refractivity contribution in [2.75, 3.05) is 53.2 Å². The Morgan fingerprint density at radius 1 is 1.00 bits per heavy atom. The van der Waals surface area contributed by atoms with E-state index in [-0.39, 0.29) is 0 Å². The number of nitrogens with one attached hydrogen (secondary N) is 2. The summed E-state index contributed by atoms with van der Waals surface area (Å²) in [5.74, 6) is 5.18. The van der Waals surface area contributed by atoms with Gasteiger partial charge in [0.15, 0.2) is 0 Å². The molecule has 2 aromatic rings. The van der Waals surface area contributed by atoms with Gasteiger partial charge in [0.25, 0.3) is 0 Å². The van der Waals surface area contributed by atoms with Crippen LogP contribution in [0.15, 0.2) is 36.8 Å². The van der Waals surface area contributed by atoms with E-state index in [0.717, 1.165) is 50.1 Å². The van der Waals surface area contributed by atoms with E-state index in [1.165, 1.54) is 11.5 Å². The molecule has 0 saturated carbocycles. The van der Waals surface area contributed by atoms with Gasteiger partial charge in [-0.1, -0.05) is 6.07 Å². The van der Waals surface area contributed by atoms with E-state index in [0.29, 0.717) is 0 Å². The maximum absolute atomic E-state index is 4.39. The lowest BCUT2D eigenvalue weighted by atomic mass is 10.4. The van der Waals surface area contributed by atoms with Gasteiger partial charge in [0, 0.05) is 49.9 Å². The maximum Gasteiger partial charge on any atom is 0.134 e. The Morgan fingerprint density at radius 2 is 1.83 bits per heavy atom. The van der Waals surface area contributed by atoms with Gasteiger partial charge in [0.1, 0.15) is 23.8 Å². The zero-order valence-corrected chi connectivity index (χ0v) is 13.9. The summed E-state index contributed by atoms with van der Waals surface area (Å²) in [7, 11) is 0. The molecule has 0 aromatic carbocycles. The summed E-state index contributed by atoms with van der Waals surface area (Å²) >= 11 is 2.00. The number of anilines is 3. The smallest absolute Gasteiger partial charge is 0.134 e. The summed E-state index contributed by atoms with van der Waals surface area (Å²) in [6, 6.07) is 7.92. The minimum absolute atomic E-state index is 0.867. The Balaban J connectivity index is 1.41. The molecule has 7 heteroatoms. The molecule has 0 radical (unpaired) electrons. The molecule has 3 heterocycles. The minimum Gasteiger partial charge on any atom is -0.370 e. The lowest BCUT2D eigenvalue weighted by Crippen LogP contribution is -2.33. The van der Waals surface area contributed by atoms with Gasteiger partial charge in [-0.15, -0.1) is 0 Å². The Kier molecular flexibility index (Phi) is 5.91. The van der Waals surface area contributed by atoms with E-state index in [4.69, 9.17) is 0 Å². The Morgan fingerprint density at radius 3 is 2.61 bits per heavy atom. The van der Waals surface area contributed by atoms with E-state index < -0.39 is 0 Å². The lowest BCUT2D eigenvalue weighted by molar-refractivity contribution is 0.833. The Bertz CT molecular complexity index is 588. The second kappa shape index (κ2) is 8.57. The first-order valence-electron chi connectivity index (χ1n) is 7.95. The van der Waals surface area contributed by atoms with Gasteiger partial charge in [-0.2, -0.15) is 11.8 Å². The third-order valence-corrected chi connectivity index (χ3v) is 4.56. The van der Waals surface area contributed by atoms with Crippen LogP contribution in [-0.2, 0) is 0 Å². The molecular weight excluding hydrogens is 308 g/mol. The number of rotatable bonds is 7. The van der Waals surface area contributed by atoms with E-state index in [1.54, 1.807) is 12.5 Å². The topological polar surface area (TPSA) is 66.0 Å². The maximum atomic E-state index is 4.39. The molecule has 1 aliphatic rings. The number of aromatic nitrogens is 3. The van der Waals surface area contributed by atoms with Crippen molar-refractivity contribution in [3.8, 4) is 0 Å². The van der Waals surface area contributed by atoms with Crippen LogP contribution in [0.25, 0.3) is 0 Å². The van der Waals surface area contributed by atoms with Gasteiger partial charge in [-0.3, -0.25) is 0 Å². The fraction of sp³-hybridized carbons (Fsp3) is 0.438. The third-order valence-electron chi connectivity index (χ3n) is 3.62. The standard InChI is InChI=1S/C16H22N6S/c1-2-5-17-14(4-1)18-6-3-7-19-15-12-16(21-13-20-15)22-8-10-23-11-9-22/h1-2,4-5,12-13H,3,6-11H2,(H,17,18)(H,19,20,21).